The standard InChI is InChI=1S/C20H23N3OS/c1-13-7-8-16(18(10-13)24-4)12-22-14(2)19-15(3)23-20(25-19)17-6-5-9-21-11-17/h5-11,14,22H,12H2,1-4H3. The first-order valence-corrected chi connectivity index (χ1v) is 9.14. The summed E-state index contributed by atoms with van der Waals surface area (Å²) in [6, 6.07) is 10.5. The molecule has 0 radical (unpaired) electrons. The summed E-state index contributed by atoms with van der Waals surface area (Å²) in [4.78, 5) is 10.2. The molecule has 5 heteroatoms. The molecule has 0 aliphatic rings. The number of nitrogens with one attached hydrogen (secondary N) is 1. The molecule has 2 heterocycles. The number of rotatable bonds is 6. The van der Waals surface area contributed by atoms with Crippen LogP contribution in [0.1, 0.15) is 34.7 Å². The highest BCUT2D eigenvalue weighted by Crippen LogP contribution is 2.31. The Morgan fingerprint density at radius 3 is 2.80 bits per heavy atom. The van der Waals surface area contributed by atoms with Crippen LogP contribution in [0, 0.1) is 13.8 Å². The van der Waals surface area contributed by atoms with Gasteiger partial charge < -0.3 is 10.1 Å². The third kappa shape index (κ3) is 4.06. The zero-order valence-corrected chi connectivity index (χ0v) is 15.9. The molecule has 130 valence electrons. The molecule has 1 aromatic carbocycles. The van der Waals surface area contributed by atoms with Crippen LogP contribution in [0.2, 0.25) is 0 Å². The maximum absolute atomic E-state index is 5.49. The molecule has 1 atom stereocenters. The monoisotopic (exact) mass is 353 g/mol. The number of aromatic nitrogens is 2. The SMILES string of the molecule is COc1cc(C)ccc1CNC(C)c1sc(-c2cccnc2)nc1C. The minimum Gasteiger partial charge on any atom is -0.496 e. The number of aryl methyl sites for hydroxylation is 2. The van der Waals surface area contributed by atoms with Gasteiger partial charge in [-0.1, -0.05) is 12.1 Å². The van der Waals surface area contributed by atoms with Gasteiger partial charge in [-0.15, -0.1) is 11.3 Å². The minimum absolute atomic E-state index is 0.217. The second-order valence-electron chi connectivity index (χ2n) is 6.13. The van der Waals surface area contributed by atoms with Gasteiger partial charge in [0.15, 0.2) is 0 Å². The first kappa shape index (κ1) is 17.6. The van der Waals surface area contributed by atoms with Gasteiger partial charge in [-0.3, -0.25) is 4.98 Å². The molecule has 0 amide bonds. The minimum atomic E-state index is 0.217. The van der Waals surface area contributed by atoms with Gasteiger partial charge in [0.25, 0.3) is 0 Å². The molecule has 3 rings (SSSR count). The lowest BCUT2D eigenvalue weighted by Crippen LogP contribution is -2.18. The maximum atomic E-state index is 5.49. The molecule has 0 aliphatic carbocycles. The topological polar surface area (TPSA) is 47.0 Å². The van der Waals surface area contributed by atoms with E-state index in [1.165, 1.54) is 10.4 Å². The summed E-state index contributed by atoms with van der Waals surface area (Å²) in [6.45, 7) is 7.07. The van der Waals surface area contributed by atoms with E-state index < -0.39 is 0 Å². The van der Waals surface area contributed by atoms with Gasteiger partial charge in [0.05, 0.1) is 12.8 Å². The Kier molecular flexibility index (Phi) is 5.46. The van der Waals surface area contributed by atoms with E-state index in [1.807, 2.05) is 18.3 Å². The smallest absolute Gasteiger partial charge is 0.125 e. The van der Waals surface area contributed by atoms with Crippen molar-refractivity contribution in [2.24, 2.45) is 0 Å². The molecule has 3 aromatic rings. The largest absolute Gasteiger partial charge is 0.496 e. The van der Waals surface area contributed by atoms with Gasteiger partial charge in [-0.2, -0.15) is 0 Å². The number of methoxy groups -OCH3 is 1. The van der Waals surface area contributed by atoms with Crippen LogP contribution in [0.15, 0.2) is 42.7 Å². The first-order chi connectivity index (χ1) is 12.1. The molecule has 0 aliphatic heterocycles. The highest BCUT2D eigenvalue weighted by molar-refractivity contribution is 7.15. The molecule has 0 spiro atoms. The predicted molar refractivity (Wildman–Crippen MR) is 103 cm³/mol. The summed E-state index contributed by atoms with van der Waals surface area (Å²) >= 11 is 1.72. The van der Waals surface area contributed by atoms with E-state index in [1.54, 1.807) is 24.6 Å². The average Bonchev–Trinajstić information content (AvgIpc) is 3.03. The third-order valence-electron chi connectivity index (χ3n) is 4.18. The Bertz CT molecular complexity index is 845. The quantitative estimate of drug-likeness (QED) is 0.699. The lowest BCUT2D eigenvalue weighted by molar-refractivity contribution is 0.406. The highest BCUT2D eigenvalue weighted by atomic mass is 32.1. The van der Waals surface area contributed by atoms with Gasteiger partial charge >= 0.3 is 0 Å². The zero-order valence-electron chi connectivity index (χ0n) is 15.0. The Morgan fingerprint density at radius 2 is 2.08 bits per heavy atom. The second-order valence-corrected chi connectivity index (χ2v) is 7.16. The van der Waals surface area contributed by atoms with E-state index in [0.717, 1.165) is 34.1 Å². The van der Waals surface area contributed by atoms with Crippen molar-refractivity contribution in [2.45, 2.75) is 33.4 Å². The van der Waals surface area contributed by atoms with Crippen LogP contribution in [0.4, 0.5) is 0 Å². The number of hydrogen-bond acceptors (Lipinski definition) is 5. The second kappa shape index (κ2) is 7.76. The summed E-state index contributed by atoms with van der Waals surface area (Å²) in [6.07, 6.45) is 3.64. The number of ether oxygens (including phenoxy) is 1. The molecule has 0 saturated carbocycles. The molecular weight excluding hydrogens is 330 g/mol. The van der Waals surface area contributed by atoms with Crippen molar-refractivity contribution in [2.75, 3.05) is 7.11 Å². The molecule has 2 aromatic heterocycles. The summed E-state index contributed by atoms with van der Waals surface area (Å²) in [5.74, 6) is 0.928. The normalized spacial score (nSPS) is 12.2. The van der Waals surface area contributed by atoms with E-state index >= 15 is 0 Å². The summed E-state index contributed by atoms with van der Waals surface area (Å²) in [5.41, 5.74) is 4.50. The van der Waals surface area contributed by atoms with Crippen LogP contribution in [0.5, 0.6) is 5.75 Å². The first-order valence-electron chi connectivity index (χ1n) is 8.33. The lowest BCUT2D eigenvalue weighted by Gasteiger charge is -2.15. The fourth-order valence-corrected chi connectivity index (χ4v) is 3.86. The molecule has 1 unspecified atom stereocenters. The van der Waals surface area contributed by atoms with Crippen LogP contribution < -0.4 is 10.1 Å². The molecular formula is C20H23N3OS. The van der Waals surface area contributed by atoms with E-state index in [4.69, 9.17) is 9.72 Å². The Hall–Kier alpha value is -2.24. The van der Waals surface area contributed by atoms with Gasteiger partial charge in [-0.25, -0.2) is 4.98 Å². The van der Waals surface area contributed by atoms with Crippen molar-refractivity contribution in [3.05, 3.63) is 64.4 Å². The molecule has 1 N–H and O–H groups in total. The van der Waals surface area contributed by atoms with Crippen molar-refractivity contribution in [3.63, 3.8) is 0 Å². The van der Waals surface area contributed by atoms with Gasteiger partial charge in [-0.05, 0) is 44.5 Å². The van der Waals surface area contributed by atoms with Crippen LogP contribution >= 0.6 is 11.3 Å². The lowest BCUT2D eigenvalue weighted by atomic mass is 10.1. The van der Waals surface area contributed by atoms with Crippen LogP contribution in [-0.4, -0.2) is 17.1 Å². The van der Waals surface area contributed by atoms with Crippen LogP contribution in [-0.2, 0) is 6.54 Å². The number of hydrogen-bond donors (Lipinski definition) is 1. The van der Waals surface area contributed by atoms with E-state index in [-0.39, 0.29) is 6.04 Å². The number of benzene rings is 1. The van der Waals surface area contributed by atoms with Gasteiger partial charge in [0.2, 0.25) is 0 Å². The van der Waals surface area contributed by atoms with Crippen molar-refractivity contribution in [3.8, 4) is 16.3 Å². The van der Waals surface area contributed by atoms with Gasteiger partial charge in [0.1, 0.15) is 10.8 Å². The number of nitrogens with zero attached hydrogens (tertiary/aromatic N) is 2. The Labute approximate surface area is 152 Å². The highest BCUT2D eigenvalue weighted by Gasteiger charge is 2.15. The molecule has 25 heavy (non-hydrogen) atoms. The Morgan fingerprint density at radius 1 is 1.24 bits per heavy atom. The van der Waals surface area contributed by atoms with E-state index in [0.29, 0.717) is 0 Å². The predicted octanol–water partition coefficient (Wildman–Crippen LogP) is 4.68. The van der Waals surface area contributed by atoms with Crippen molar-refractivity contribution >= 4 is 11.3 Å². The van der Waals surface area contributed by atoms with Crippen molar-refractivity contribution in [1.82, 2.24) is 15.3 Å². The number of thiazole rings is 1. The Balaban J connectivity index is 1.74. The fourth-order valence-electron chi connectivity index (χ4n) is 2.78. The van der Waals surface area contributed by atoms with E-state index in [2.05, 4.69) is 49.3 Å². The molecule has 0 bridgehead atoms. The number of pyridine rings is 1. The summed E-state index contributed by atoms with van der Waals surface area (Å²) in [5, 5.41) is 4.61. The zero-order chi connectivity index (χ0) is 17.8. The van der Waals surface area contributed by atoms with E-state index in [9.17, 15) is 0 Å². The molecule has 4 nitrogen and oxygen atoms in total. The maximum Gasteiger partial charge on any atom is 0.125 e. The summed E-state index contributed by atoms with van der Waals surface area (Å²) in [7, 11) is 1.72. The third-order valence-corrected chi connectivity index (χ3v) is 5.56. The van der Waals surface area contributed by atoms with Crippen LogP contribution in [0.3, 0.4) is 0 Å². The fraction of sp³-hybridized carbons (Fsp3) is 0.300. The van der Waals surface area contributed by atoms with Crippen molar-refractivity contribution < 1.29 is 4.74 Å². The summed E-state index contributed by atoms with van der Waals surface area (Å²) < 4.78 is 5.49. The molecule has 0 saturated heterocycles. The average molecular weight is 353 g/mol. The van der Waals surface area contributed by atoms with Gasteiger partial charge in [0, 0.05) is 41.0 Å². The van der Waals surface area contributed by atoms with Crippen LogP contribution in [0.25, 0.3) is 10.6 Å². The molecule has 0 fully saturated rings. The van der Waals surface area contributed by atoms with Crippen molar-refractivity contribution in [1.29, 1.82) is 0 Å².